The number of pyridine rings is 1. The summed E-state index contributed by atoms with van der Waals surface area (Å²) in [5, 5.41) is -0.149. The topological polar surface area (TPSA) is 30.7 Å². The van der Waals surface area contributed by atoms with Gasteiger partial charge >= 0.3 is 0 Å². The van der Waals surface area contributed by atoms with Crippen LogP contribution >= 0.6 is 11.6 Å². The molecule has 0 aliphatic carbocycles. The maximum atomic E-state index is 6.35. The predicted octanol–water partition coefficient (Wildman–Crippen LogP) is 4.65. The molecule has 0 spiro atoms. The number of rotatable bonds is 3. The van der Waals surface area contributed by atoms with Gasteiger partial charge in [0.05, 0.1) is 28.1 Å². The minimum Gasteiger partial charge on any atom is -0.318 e. The first-order valence-corrected chi connectivity index (χ1v) is 7.55. The van der Waals surface area contributed by atoms with Crippen LogP contribution in [-0.2, 0) is 0 Å². The molecule has 108 valence electrons. The summed E-state index contributed by atoms with van der Waals surface area (Å²) in [6.45, 7) is 6.16. The lowest BCUT2D eigenvalue weighted by atomic mass is 10.1. The molecule has 1 aromatic carbocycles. The van der Waals surface area contributed by atoms with Crippen molar-refractivity contribution in [2.24, 2.45) is 0 Å². The first-order chi connectivity index (χ1) is 10.1. The van der Waals surface area contributed by atoms with Crippen LogP contribution in [0.25, 0.3) is 11.0 Å². The minimum atomic E-state index is -0.149. The van der Waals surface area contributed by atoms with E-state index in [0.717, 1.165) is 22.6 Å². The van der Waals surface area contributed by atoms with Gasteiger partial charge in [-0.3, -0.25) is 4.98 Å². The summed E-state index contributed by atoms with van der Waals surface area (Å²) < 4.78 is 2.19. The Labute approximate surface area is 129 Å². The molecule has 0 fully saturated rings. The molecule has 0 N–H and O–H groups in total. The molecule has 0 bridgehead atoms. The summed E-state index contributed by atoms with van der Waals surface area (Å²) in [5.41, 5.74) is 4.30. The van der Waals surface area contributed by atoms with Crippen LogP contribution in [0.5, 0.6) is 0 Å². The van der Waals surface area contributed by atoms with Crippen molar-refractivity contribution in [1.82, 2.24) is 14.5 Å². The van der Waals surface area contributed by atoms with E-state index in [1.54, 1.807) is 0 Å². The minimum absolute atomic E-state index is 0.0927. The summed E-state index contributed by atoms with van der Waals surface area (Å²) in [7, 11) is 0. The van der Waals surface area contributed by atoms with E-state index in [-0.39, 0.29) is 11.4 Å². The molecule has 3 aromatic rings. The predicted molar refractivity (Wildman–Crippen MR) is 86.8 cm³/mol. The second-order valence-corrected chi connectivity index (χ2v) is 6.03. The molecule has 0 saturated heterocycles. The summed E-state index contributed by atoms with van der Waals surface area (Å²) in [4.78, 5) is 9.19. The smallest absolute Gasteiger partial charge is 0.128 e. The quantitative estimate of drug-likeness (QED) is 0.659. The molecular formula is C17H18ClN3. The van der Waals surface area contributed by atoms with Crippen LogP contribution in [-0.4, -0.2) is 14.5 Å². The Bertz CT molecular complexity index is 762. The number of imidazole rings is 1. The monoisotopic (exact) mass is 299 g/mol. The average molecular weight is 300 g/mol. The highest BCUT2D eigenvalue weighted by atomic mass is 35.5. The standard InChI is InChI=1S/C17H18ClN3/c1-11-7-8-16-15(10-11)20-17(12(2)18)21(16)13(3)14-6-4-5-9-19-14/h4-10,12-13H,1-3H3. The first kappa shape index (κ1) is 14.1. The lowest BCUT2D eigenvalue weighted by Crippen LogP contribution is -2.12. The third-order valence-electron chi connectivity index (χ3n) is 3.73. The molecule has 3 rings (SSSR count). The van der Waals surface area contributed by atoms with Crippen LogP contribution in [0.3, 0.4) is 0 Å². The number of aryl methyl sites for hydroxylation is 1. The van der Waals surface area contributed by atoms with Gasteiger partial charge in [-0.2, -0.15) is 0 Å². The molecule has 0 aliphatic heterocycles. The van der Waals surface area contributed by atoms with E-state index < -0.39 is 0 Å². The van der Waals surface area contributed by atoms with Crippen molar-refractivity contribution >= 4 is 22.6 Å². The number of aromatic nitrogens is 3. The Hall–Kier alpha value is -1.87. The number of benzene rings is 1. The maximum Gasteiger partial charge on any atom is 0.128 e. The van der Waals surface area contributed by atoms with Crippen molar-refractivity contribution in [2.45, 2.75) is 32.2 Å². The number of halogens is 1. The SMILES string of the molecule is Cc1ccc2c(c1)nc(C(C)Cl)n2C(C)c1ccccn1. The van der Waals surface area contributed by atoms with E-state index in [2.05, 4.69) is 41.6 Å². The van der Waals surface area contributed by atoms with Gasteiger partial charge < -0.3 is 4.57 Å². The molecular weight excluding hydrogens is 282 g/mol. The normalized spacial score (nSPS) is 14.3. The van der Waals surface area contributed by atoms with Gasteiger partial charge in [0.15, 0.2) is 0 Å². The van der Waals surface area contributed by atoms with Gasteiger partial charge in [0.2, 0.25) is 0 Å². The van der Waals surface area contributed by atoms with E-state index in [1.165, 1.54) is 5.56 Å². The zero-order chi connectivity index (χ0) is 15.0. The second kappa shape index (κ2) is 5.49. The zero-order valence-corrected chi connectivity index (χ0v) is 13.2. The Kier molecular flexibility index (Phi) is 3.68. The molecule has 0 saturated carbocycles. The number of hydrogen-bond donors (Lipinski definition) is 0. The van der Waals surface area contributed by atoms with Gasteiger partial charge in [0, 0.05) is 6.20 Å². The molecule has 2 aromatic heterocycles. The Morgan fingerprint density at radius 1 is 1.14 bits per heavy atom. The lowest BCUT2D eigenvalue weighted by Gasteiger charge is -2.18. The Morgan fingerprint density at radius 3 is 2.62 bits per heavy atom. The highest BCUT2D eigenvalue weighted by Crippen LogP contribution is 2.30. The van der Waals surface area contributed by atoms with Gasteiger partial charge in [-0.25, -0.2) is 4.98 Å². The van der Waals surface area contributed by atoms with Crippen LogP contribution in [0.4, 0.5) is 0 Å². The fraction of sp³-hybridized carbons (Fsp3) is 0.294. The van der Waals surface area contributed by atoms with Crippen molar-refractivity contribution in [3.8, 4) is 0 Å². The van der Waals surface area contributed by atoms with Crippen molar-refractivity contribution in [3.63, 3.8) is 0 Å². The second-order valence-electron chi connectivity index (χ2n) is 5.38. The third-order valence-corrected chi connectivity index (χ3v) is 3.93. The van der Waals surface area contributed by atoms with Crippen molar-refractivity contribution in [2.75, 3.05) is 0 Å². The van der Waals surface area contributed by atoms with Crippen molar-refractivity contribution < 1.29 is 0 Å². The van der Waals surface area contributed by atoms with Crippen LogP contribution in [0.15, 0.2) is 42.6 Å². The van der Waals surface area contributed by atoms with E-state index in [0.29, 0.717) is 0 Å². The van der Waals surface area contributed by atoms with Gasteiger partial charge in [-0.15, -0.1) is 11.6 Å². The molecule has 21 heavy (non-hydrogen) atoms. The van der Waals surface area contributed by atoms with Crippen molar-refractivity contribution in [1.29, 1.82) is 0 Å². The van der Waals surface area contributed by atoms with Crippen LogP contribution < -0.4 is 0 Å². The lowest BCUT2D eigenvalue weighted by molar-refractivity contribution is 0.603. The largest absolute Gasteiger partial charge is 0.318 e. The summed E-state index contributed by atoms with van der Waals surface area (Å²) in [6, 6.07) is 12.4. The highest BCUT2D eigenvalue weighted by Gasteiger charge is 2.20. The summed E-state index contributed by atoms with van der Waals surface area (Å²) >= 11 is 6.35. The molecule has 2 atom stereocenters. The molecule has 0 amide bonds. The number of hydrogen-bond acceptors (Lipinski definition) is 2. The van der Waals surface area contributed by atoms with E-state index in [9.17, 15) is 0 Å². The summed E-state index contributed by atoms with van der Waals surface area (Å²) in [5.74, 6) is 0.885. The highest BCUT2D eigenvalue weighted by molar-refractivity contribution is 6.20. The van der Waals surface area contributed by atoms with Crippen LogP contribution in [0.1, 0.15) is 42.3 Å². The van der Waals surface area contributed by atoms with Crippen LogP contribution in [0.2, 0.25) is 0 Å². The van der Waals surface area contributed by atoms with Gasteiger partial charge in [0.25, 0.3) is 0 Å². The number of alkyl halides is 1. The first-order valence-electron chi connectivity index (χ1n) is 7.11. The maximum absolute atomic E-state index is 6.35. The van der Waals surface area contributed by atoms with Gasteiger partial charge in [0.1, 0.15) is 5.82 Å². The molecule has 3 nitrogen and oxygen atoms in total. The molecule has 0 radical (unpaired) electrons. The van der Waals surface area contributed by atoms with E-state index in [1.807, 2.05) is 31.3 Å². The van der Waals surface area contributed by atoms with Crippen molar-refractivity contribution in [3.05, 3.63) is 59.7 Å². The fourth-order valence-electron chi connectivity index (χ4n) is 2.67. The number of nitrogens with zero attached hydrogens (tertiary/aromatic N) is 3. The molecule has 0 aliphatic rings. The fourth-order valence-corrected chi connectivity index (χ4v) is 2.82. The van der Waals surface area contributed by atoms with Gasteiger partial charge in [-0.1, -0.05) is 12.1 Å². The molecule has 4 heteroatoms. The van der Waals surface area contributed by atoms with Crippen LogP contribution in [0, 0.1) is 6.92 Å². The molecule has 2 heterocycles. The number of fused-ring (bicyclic) bond motifs is 1. The molecule has 2 unspecified atom stereocenters. The third kappa shape index (κ3) is 2.54. The van der Waals surface area contributed by atoms with Gasteiger partial charge in [-0.05, 0) is 50.6 Å². The average Bonchev–Trinajstić information content (AvgIpc) is 2.86. The van der Waals surface area contributed by atoms with E-state index in [4.69, 9.17) is 16.6 Å². The van der Waals surface area contributed by atoms with E-state index >= 15 is 0 Å². The summed E-state index contributed by atoms with van der Waals surface area (Å²) in [6.07, 6.45) is 1.82. The Morgan fingerprint density at radius 2 is 1.95 bits per heavy atom. The Balaban J connectivity index is 2.22. The zero-order valence-electron chi connectivity index (χ0n) is 12.4.